The van der Waals surface area contributed by atoms with Crippen molar-refractivity contribution in [1.29, 1.82) is 0 Å². The highest BCUT2D eigenvalue weighted by Gasteiger charge is 2.12. The van der Waals surface area contributed by atoms with Crippen LogP contribution in [0.15, 0.2) is 36.4 Å². The summed E-state index contributed by atoms with van der Waals surface area (Å²) in [6, 6.07) is 8.34. The third kappa shape index (κ3) is 3.10. The molecule has 0 saturated carbocycles. The zero-order valence-corrected chi connectivity index (χ0v) is 11.0. The van der Waals surface area contributed by atoms with Gasteiger partial charge in [0.25, 0.3) is 5.91 Å². The topological polar surface area (TPSA) is 69.6 Å². The van der Waals surface area contributed by atoms with E-state index in [1.165, 1.54) is 36.4 Å². The SMILES string of the molecule is O=C(Nc1ccc(O)c(Cl)c1)c1cc(O)ccc1Cl. The molecule has 0 aliphatic heterocycles. The van der Waals surface area contributed by atoms with Gasteiger partial charge < -0.3 is 15.5 Å². The van der Waals surface area contributed by atoms with Gasteiger partial charge in [-0.25, -0.2) is 0 Å². The maximum Gasteiger partial charge on any atom is 0.257 e. The van der Waals surface area contributed by atoms with Gasteiger partial charge in [-0.3, -0.25) is 4.79 Å². The summed E-state index contributed by atoms with van der Waals surface area (Å²) in [5.41, 5.74) is 0.554. The second kappa shape index (κ2) is 5.38. The third-order valence-corrected chi connectivity index (χ3v) is 3.03. The van der Waals surface area contributed by atoms with Crippen molar-refractivity contribution in [2.24, 2.45) is 0 Å². The van der Waals surface area contributed by atoms with E-state index in [9.17, 15) is 15.0 Å². The van der Waals surface area contributed by atoms with Crippen LogP contribution < -0.4 is 5.32 Å². The largest absolute Gasteiger partial charge is 0.508 e. The van der Waals surface area contributed by atoms with Crippen molar-refractivity contribution in [1.82, 2.24) is 0 Å². The number of amides is 1. The van der Waals surface area contributed by atoms with Gasteiger partial charge in [0.15, 0.2) is 0 Å². The van der Waals surface area contributed by atoms with Gasteiger partial charge in [-0.15, -0.1) is 0 Å². The highest BCUT2D eigenvalue weighted by Crippen LogP contribution is 2.27. The number of phenols is 2. The molecule has 0 atom stereocenters. The molecular weight excluding hydrogens is 289 g/mol. The Bertz CT molecular complexity index is 644. The van der Waals surface area contributed by atoms with Gasteiger partial charge in [0.1, 0.15) is 11.5 Å². The van der Waals surface area contributed by atoms with Crippen molar-refractivity contribution in [2.75, 3.05) is 5.32 Å². The van der Waals surface area contributed by atoms with Crippen LogP contribution in [0.5, 0.6) is 11.5 Å². The molecular formula is C13H9Cl2NO3. The molecule has 0 unspecified atom stereocenters. The van der Waals surface area contributed by atoms with Crippen LogP contribution in [-0.2, 0) is 0 Å². The molecule has 0 saturated heterocycles. The standard InChI is InChI=1S/C13H9Cl2NO3/c14-10-3-2-8(17)6-9(10)13(19)16-7-1-4-12(18)11(15)5-7/h1-6,17-18H,(H,16,19). The first-order valence-corrected chi connectivity index (χ1v) is 6.01. The molecule has 19 heavy (non-hydrogen) atoms. The number of rotatable bonds is 2. The lowest BCUT2D eigenvalue weighted by Gasteiger charge is -2.08. The Morgan fingerprint density at radius 3 is 2.42 bits per heavy atom. The number of hydrogen-bond donors (Lipinski definition) is 3. The first-order valence-electron chi connectivity index (χ1n) is 5.26. The minimum atomic E-state index is -0.484. The quantitative estimate of drug-likeness (QED) is 0.741. The summed E-state index contributed by atoms with van der Waals surface area (Å²) >= 11 is 11.6. The normalized spacial score (nSPS) is 10.2. The Morgan fingerprint density at radius 1 is 1.00 bits per heavy atom. The van der Waals surface area contributed by atoms with Gasteiger partial charge in [-0.05, 0) is 36.4 Å². The Kier molecular flexibility index (Phi) is 3.83. The maximum absolute atomic E-state index is 12.0. The minimum absolute atomic E-state index is 0.0571. The highest BCUT2D eigenvalue weighted by atomic mass is 35.5. The van der Waals surface area contributed by atoms with E-state index in [4.69, 9.17) is 23.2 Å². The van der Waals surface area contributed by atoms with Crippen molar-refractivity contribution in [3.8, 4) is 11.5 Å². The van der Waals surface area contributed by atoms with Crippen LogP contribution in [0.2, 0.25) is 10.0 Å². The predicted molar refractivity (Wildman–Crippen MR) is 74.2 cm³/mol. The third-order valence-electron chi connectivity index (χ3n) is 2.40. The lowest BCUT2D eigenvalue weighted by molar-refractivity contribution is 0.102. The molecule has 0 aromatic heterocycles. The van der Waals surface area contributed by atoms with Crippen LogP contribution in [0.25, 0.3) is 0 Å². The van der Waals surface area contributed by atoms with Crippen LogP contribution in [0.3, 0.4) is 0 Å². The first-order chi connectivity index (χ1) is 8.97. The molecule has 4 nitrogen and oxygen atoms in total. The highest BCUT2D eigenvalue weighted by molar-refractivity contribution is 6.34. The minimum Gasteiger partial charge on any atom is -0.508 e. The summed E-state index contributed by atoms with van der Waals surface area (Å²) in [6.45, 7) is 0. The smallest absolute Gasteiger partial charge is 0.257 e. The van der Waals surface area contributed by atoms with Crippen LogP contribution >= 0.6 is 23.2 Å². The first kappa shape index (κ1) is 13.5. The summed E-state index contributed by atoms with van der Waals surface area (Å²) in [7, 11) is 0. The average Bonchev–Trinajstić information content (AvgIpc) is 2.36. The summed E-state index contributed by atoms with van der Waals surface area (Å²) < 4.78 is 0. The van der Waals surface area contributed by atoms with E-state index >= 15 is 0 Å². The summed E-state index contributed by atoms with van der Waals surface area (Å²) in [6.07, 6.45) is 0. The van der Waals surface area contributed by atoms with Gasteiger partial charge in [0.2, 0.25) is 0 Å². The van der Waals surface area contributed by atoms with Crippen molar-refractivity contribution in [3.05, 3.63) is 52.0 Å². The number of halogens is 2. The monoisotopic (exact) mass is 297 g/mol. The Hall–Kier alpha value is -1.91. The number of hydrogen-bond acceptors (Lipinski definition) is 3. The molecule has 2 aromatic rings. The second-order valence-electron chi connectivity index (χ2n) is 3.78. The number of nitrogens with one attached hydrogen (secondary N) is 1. The molecule has 3 N–H and O–H groups in total. The van der Waals surface area contributed by atoms with E-state index in [1.54, 1.807) is 0 Å². The molecule has 0 aliphatic rings. The maximum atomic E-state index is 12.0. The van der Waals surface area contributed by atoms with Gasteiger partial charge in [-0.1, -0.05) is 23.2 Å². The lowest BCUT2D eigenvalue weighted by Crippen LogP contribution is -2.12. The predicted octanol–water partition coefficient (Wildman–Crippen LogP) is 3.66. The van der Waals surface area contributed by atoms with Crippen molar-refractivity contribution in [3.63, 3.8) is 0 Å². The molecule has 0 fully saturated rings. The fraction of sp³-hybridized carbons (Fsp3) is 0. The van der Waals surface area contributed by atoms with E-state index < -0.39 is 5.91 Å². The molecule has 2 aromatic carbocycles. The molecule has 6 heteroatoms. The Labute approximate surface area is 119 Å². The Morgan fingerprint density at radius 2 is 1.74 bits per heavy atom. The van der Waals surface area contributed by atoms with Crippen molar-refractivity contribution in [2.45, 2.75) is 0 Å². The zero-order chi connectivity index (χ0) is 14.0. The van der Waals surface area contributed by atoms with Gasteiger partial charge >= 0.3 is 0 Å². The molecule has 1 amide bonds. The van der Waals surface area contributed by atoms with Crippen LogP contribution in [-0.4, -0.2) is 16.1 Å². The van der Waals surface area contributed by atoms with E-state index in [-0.39, 0.29) is 27.1 Å². The summed E-state index contributed by atoms with van der Waals surface area (Å²) in [4.78, 5) is 12.0. The molecule has 0 bridgehead atoms. The van der Waals surface area contributed by atoms with E-state index in [2.05, 4.69) is 5.32 Å². The fourth-order valence-electron chi connectivity index (χ4n) is 1.47. The number of anilines is 1. The number of carbonyl (C=O) groups excluding carboxylic acids is 1. The number of carbonyl (C=O) groups is 1. The van der Waals surface area contributed by atoms with E-state index in [0.29, 0.717) is 5.69 Å². The molecule has 0 radical (unpaired) electrons. The number of phenolic OH excluding ortho intramolecular Hbond substituents is 2. The number of aromatic hydroxyl groups is 2. The van der Waals surface area contributed by atoms with E-state index in [1.807, 2.05) is 0 Å². The molecule has 0 spiro atoms. The lowest BCUT2D eigenvalue weighted by atomic mass is 10.2. The molecule has 0 heterocycles. The van der Waals surface area contributed by atoms with Crippen LogP contribution in [0.4, 0.5) is 5.69 Å². The number of benzene rings is 2. The van der Waals surface area contributed by atoms with Crippen molar-refractivity contribution < 1.29 is 15.0 Å². The molecule has 0 aliphatic carbocycles. The summed E-state index contributed by atoms with van der Waals surface area (Å²) in [5.74, 6) is -0.615. The van der Waals surface area contributed by atoms with Gasteiger partial charge in [0.05, 0.1) is 15.6 Å². The zero-order valence-electron chi connectivity index (χ0n) is 9.52. The van der Waals surface area contributed by atoms with Gasteiger partial charge in [-0.2, -0.15) is 0 Å². The van der Waals surface area contributed by atoms with E-state index in [0.717, 1.165) is 0 Å². The molecule has 98 valence electrons. The fourth-order valence-corrected chi connectivity index (χ4v) is 1.85. The Balaban J connectivity index is 2.25. The van der Waals surface area contributed by atoms with Gasteiger partial charge in [0, 0.05) is 5.69 Å². The average molecular weight is 298 g/mol. The van der Waals surface area contributed by atoms with Crippen molar-refractivity contribution >= 4 is 34.8 Å². The second-order valence-corrected chi connectivity index (χ2v) is 4.60. The summed E-state index contributed by atoms with van der Waals surface area (Å²) in [5, 5.41) is 21.5. The van der Waals surface area contributed by atoms with Crippen LogP contribution in [0.1, 0.15) is 10.4 Å². The van der Waals surface area contributed by atoms with Crippen LogP contribution in [0, 0.1) is 0 Å². The molecule has 2 rings (SSSR count).